The van der Waals surface area contributed by atoms with Gasteiger partial charge in [0, 0.05) is 59.7 Å². The highest BCUT2D eigenvalue weighted by Gasteiger charge is 3.08. The fraction of sp³-hybridized carbons (Fsp3) is 0.355. The van der Waals surface area contributed by atoms with Crippen LogP contribution < -0.4 is 22.9 Å². The number of ether oxygens (including phenoxy) is 4. The molecule has 20 rings (SSSR count). The van der Waals surface area contributed by atoms with Gasteiger partial charge in [0.1, 0.15) is 26.4 Å². The zero-order valence-electron chi connectivity index (χ0n) is 40.4. The number of carbonyl (C=O) groups excluding carboxylic acids is 4. The lowest BCUT2D eigenvalue weighted by Gasteiger charge is -2.64. The van der Waals surface area contributed by atoms with Gasteiger partial charge >= 0.3 is 23.9 Å². The lowest BCUT2D eigenvalue weighted by Crippen LogP contribution is -2.62. The van der Waals surface area contributed by atoms with Crippen molar-refractivity contribution in [1.29, 1.82) is 0 Å². The topological polar surface area (TPSA) is 209 Å². The third-order valence-corrected chi connectivity index (χ3v) is 22.7. The lowest BCUT2D eigenvalue weighted by atomic mass is 9.38. The predicted octanol–water partition coefficient (Wildman–Crippen LogP) is 7.33. The number of allylic oxidation sites excluding steroid dienone is 2. The minimum atomic E-state index is -1.82. The Hall–Kier alpha value is -6.96. The molecule has 12 nitrogen and oxygen atoms in total. The second-order valence-electron chi connectivity index (χ2n) is 24.2. The van der Waals surface area contributed by atoms with Gasteiger partial charge in [-0.1, -0.05) is 42.0 Å². The summed E-state index contributed by atoms with van der Waals surface area (Å²) in [7, 11) is 0. The van der Waals surface area contributed by atoms with Crippen molar-refractivity contribution in [1.82, 2.24) is 0 Å². The quantitative estimate of drug-likeness (QED) is 0.0294. The van der Waals surface area contributed by atoms with Gasteiger partial charge in [-0.05, 0) is 198 Å². The predicted molar refractivity (Wildman–Crippen MR) is 281 cm³/mol. The molecule has 7 atom stereocenters. The van der Waals surface area contributed by atoms with E-state index < -0.39 is 62.3 Å². The normalized spacial score (nSPS) is 29.3. The molecule has 3 saturated carbocycles. The van der Waals surface area contributed by atoms with Gasteiger partial charge in [0.15, 0.2) is 10.8 Å². The van der Waals surface area contributed by atoms with Crippen molar-refractivity contribution in [3.05, 3.63) is 92.1 Å². The van der Waals surface area contributed by atoms with Crippen molar-refractivity contribution >= 4 is 133 Å². The molecule has 3 spiro atoms. The molecule has 3 fully saturated rings. The number of fused-ring (bicyclic) bond motifs is 1. The Kier molecular flexibility index (Phi) is 5.97. The van der Waals surface area contributed by atoms with Gasteiger partial charge < -0.3 is 41.9 Å². The highest BCUT2D eigenvalue weighted by Crippen LogP contribution is 3.03. The van der Waals surface area contributed by atoms with Crippen molar-refractivity contribution in [3.8, 4) is 0 Å². The maximum absolute atomic E-state index is 16.0. The summed E-state index contributed by atoms with van der Waals surface area (Å²) >= 11 is 0. The molecule has 10 aromatic rings. The standard InChI is InChI=1S/C62H46N4O8/c1-57(53(67)71-12-8-63,54(68)72-13-9-64)59-7-5-24-18-25-17-23-4-6-58-21-28-20-27-19-26-16-22-2-3-29(59)35-30(22)36-32(26)45-47-43-40(36)39(35)46-42-38(34(24)51(46)59)31(25)37-33(23)50(58)48(44(37)41(42)43)52(47)60(49(27)45)61(62(28,58)60,55(69)73-14-10-65)56(70)74-15-11-66/h2-4,6,16-19,28,49,51H,5,7-15,20-21,63-66H2,1H3. The highest BCUT2D eigenvalue weighted by atomic mass is 16.6. The molecule has 8 N–H and O–H groups in total. The Morgan fingerprint density at radius 1 is 0.608 bits per heavy atom. The van der Waals surface area contributed by atoms with E-state index in [2.05, 4.69) is 48.6 Å². The molecule has 362 valence electrons. The number of rotatable bonds is 13. The Morgan fingerprint density at radius 3 is 1.95 bits per heavy atom. The Balaban J connectivity index is 1.07. The minimum Gasteiger partial charge on any atom is -0.463 e. The molecule has 0 heterocycles. The van der Waals surface area contributed by atoms with E-state index in [1.165, 1.54) is 114 Å². The number of hydrogen-bond donors (Lipinski definition) is 4. The van der Waals surface area contributed by atoms with Crippen LogP contribution in [0.1, 0.15) is 88.1 Å². The summed E-state index contributed by atoms with van der Waals surface area (Å²) < 4.78 is 25.0. The van der Waals surface area contributed by atoms with Crippen molar-refractivity contribution in [3.63, 3.8) is 0 Å². The van der Waals surface area contributed by atoms with Gasteiger partial charge in [0.2, 0.25) is 0 Å². The summed E-state index contributed by atoms with van der Waals surface area (Å²) in [4.78, 5) is 63.0. The zero-order chi connectivity index (χ0) is 49.2. The Labute approximate surface area is 419 Å². The van der Waals surface area contributed by atoms with Gasteiger partial charge in [0.25, 0.3) is 0 Å². The summed E-state index contributed by atoms with van der Waals surface area (Å²) in [6.45, 7) is 2.14. The molecular weight excluding hydrogens is 929 g/mol. The van der Waals surface area contributed by atoms with Crippen LogP contribution in [0, 0.1) is 22.2 Å². The molecule has 10 aliphatic rings. The number of nitrogens with two attached hydrogens (primary N) is 4. The van der Waals surface area contributed by atoms with Gasteiger partial charge in [-0.2, -0.15) is 0 Å². The molecule has 0 saturated heterocycles. The molecular formula is C62H46N4O8. The van der Waals surface area contributed by atoms with E-state index in [1.807, 2.05) is 0 Å². The number of esters is 4. The number of carbonyl (C=O) groups is 4. The van der Waals surface area contributed by atoms with Gasteiger partial charge in [0.05, 0.1) is 0 Å². The molecule has 0 aliphatic heterocycles. The van der Waals surface area contributed by atoms with E-state index in [0.29, 0.717) is 12.8 Å². The summed E-state index contributed by atoms with van der Waals surface area (Å²) in [6, 6.07) is 11.6. The molecule has 0 bridgehead atoms. The lowest BCUT2D eigenvalue weighted by molar-refractivity contribution is -0.179. The van der Waals surface area contributed by atoms with E-state index in [-0.39, 0.29) is 64.4 Å². The van der Waals surface area contributed by atoms with E-state index in [1.54, 1.807) is 6.92 Å². The molecule has 0 amide bonds. The zero-order valence-corrected chi connectivity index (χ0v) is 40.4. The van der Waals surface area contributed by atoms with E-state index in [0.717, 1.165) is 51.3 Å². The molecule has 74 heavy (non-hydrogen) atoms. The maximum atomic E-state index is 16.0. The molecule has 0 aromatic heterocycles. The van der Waals surface area contributed by atoms with Gasteiger partial charge in [-0.25, -0.2) is 0 Å². The third-order valence-electron chi connectivity index (χ3n) is 22.7. The summed E-state index contributed by atoms with van der Waals surface area (Å²) in [5.74, 6) is -3.06. The van der Waals surface area contributed by atoms with Crippen LogP contribution in [0.4, 0.5) is 0 Å². The van der Waals surface area contributed by atoms with Crippen LogP contribution >= 0.6 is 0 Å². The number of hydrogen-bond acceptors (Lipinski definition) is 12. The third kappa shape index (κ3) is 3.00. The van der Waals surface area contributed by atoms with Crippen LogP contribution in [0.5, 0.6) is 0 Å². The number of aryl methyl sites for hydroxylation is 1. The smallest absolute Gasteiger partial charge is 0.325 e. The fourth-order valence-electron chi connectivity index (χ4n) is 21.7. The first kappa shape index (κ1) is 39.5. The van der Waals surface area contributed by atoms with Crippen molar-refractivity contribution in [2.75, 3.05) is 52.6 Å². The summed E-state index contributed by atoms with van der Waals surface area (Å²) in [5, 5.41) is 21.4. The second-order valence-corrected chi connectivity index (χ2v) is 24.2. The number of benzene rings is 8. The van der Waals surface area contributed by atoms with Crippen LogP contribution in [0.2, 0.25) is 0 Å². The fourth-order valence-corrected chi connectivity index (χ4v) is 21.7. The minimum absolute atomic E-state index is 0.0133. The monoisotopic (exact) mass is 974 g/mol. The molecule has 0 radical (unpaired) electrons. The highest BCUT2D eigenvalue weighted by molar-refractivity contribution is 6.56. The van der Waals surface area contributed by atoms with Crippen LogP contribution in [0.15, 0.2) is 42.0 Å². The first-order valence-electron chi connectivity index (χ1n) is 26.8. The maximum Gasteiger partial charge on any atom is 0.325 e. The van der Waals surface area contributed by atoms with Crippen molar-refractivity contribution < 1.29 is 38.1 Å². The van der Waals surface area contributed by atoms with Crippen molar-refractivity contribution in [2.24, 2.45) is 45.1 Å². The summed E-state index contributed by atoms with van der Waals surface area (Å²) in [5.41, 5.74) is 29.0. The first-order chi connectivity index (χ1) is 36.1. The van der Waals surface area contributed by atoms with Gasteiger partial charge in [-0.15, -0.1) is 0 Å². The largest absolute Gasteiger partial charge is 0.463 e. The molecule has 10 aromatic carbocycles. The average molecular weight is 975 g/mol. The van der Waals surface area contributed by atoms with E-state index >= 15 is 19.2 Å². The van der Waals surface area contributed by atoms with Crippen LogP contribution in [0.3, 0.4) is 0 Å². The van der Waals surface area contributed by atoms with Crippen LogP contribution in [-0.2, 0) is 60.8 Å². The molecule has 12 heteroatoms. The van der Waals surface area contributed by atoms with Gasteiger partial charge in [-0.3, -0.25) is 19.2 Å². The molecule has 7 unspecified atom stereocenters. The van der Waals surface area contributed by atoms with Crippen LogP contribution in [-0.4, -0.2) is 76.5 Å². The van der Waals surface area contributed by atoms with E-state index in [9.17, 15) is 0 Å². The Morgan fingerprint density at radius 2 is 1.22 bits per heavy atom. The Bertz CT molecular complexity index is 4620. The SMILES string of the molecule is CC(C(=O)OCCN)(C(=O)OCCN)C12CCc3cc4cc5c6c7c8c9c%10c%11c%12c(cc%13ccc1c1c%14c%15c%16c(c3C%152)c4c6c8c%16c%10c%14c%12c%131)C=C1CC2CC7(C=C5)C23C(C(=O)OCCN)(C(=O)OCCN)C93C1%11. The average Bonchev–Trinajstić information content (AvgIpc) is 1.76. The van der Waals surface area contributed by atoms with E-state index in [4.69, 9.17) is 41.9 Å². The molecule has 10 aliphatic carbocycles. The summed E-state index contributed by atoms with van der Waals surface area (Å²) in [6.07, 6.45) is 9.79. The second kappa shape index (κ2) is 11.2. The van der Waals surface area contributed by atoms with Crippen molar-refractivity contribution in [2.45, 2.75) is 60.7 Å². The first-order valence-corrected chi connectivity index (χ1v) is 26.8. The van der Waals surface area contributed by atoms with Crippen LogP contribution in [0.25, 0.3) is 109 Å².